The first-order valence-corrected chi connectivity index (χ1v) is 5.50. The Bertz CT molecular complexity index is 267. The van der Waals surface area contributed by atoms with Crippen LogP contribution in [0.4, 0.5) is 0 Å². The van der Waals surface area contributed by atoms with E-state index < -0.39 is 0 Å². The van der Waals surface area contributed by atoms with Gasteiger partial charge in [-0.2, -0.15) is 4.98 Å². The quantitative estimate of drug-likeness (QED) is 0.784. The Morgan fingerprint density at radius 2 is 2.33 bits per heavy atom. The van der Waals surface area contributed by atoms with Crippen LogP contribution >= 0.6 is 0 Å². The van der Waals surface area contributed by atoms with Crippen LogP contribution < -0.4 is 5.32 Å². The van der Waals surface area contributed by atoms with Gasteiger partial charge in [0.15, 0.2) is 5.82 Å². The van der Waals surface area contributed by atoms with E-state index in [4.69, 9.17) is 4.52 Å². The van der Waals surface area contributed by atoms with Gasteiger partial charge in [-0.15, -0.1) is 0 Å². The molecule has 2 rings (SSSR count). The zero-order valence-corrected chi connectivity index (χ0v) is 9.15. The Labute approximate surface area is 89.8 Å². The Hall–Kier alpha value is -0.940. The van der Waals surface area contributed by atoms with Gasteiger partial charge in [-0.05, 0) is 45.4 Å². The van der Waals surface area contributed by atoms with Gasteiger partial charge in [-0.3, -0.25) is 4.90 Å². The molecule has 2 heterocycles. The Balaban J connectivity index is 1.74. The number of hydrogen-bond donors (Lipinski definition) is 1. The van der Waals surface area contributed by atoms with E-state index in [9.17, 15) is 0 Å². The smallest absolute Gasteiger partial charge is 0.213 e. The third kappa shape index (κ3) is 3.00. The molecule has 0 aliphatic carbocycles. The van der Waals surface area contributed by atoms with Gasteiger partial charge >= 0.3 is 0 Å². The molecule has 1 N–H and O–H groups in total. The topological polar surface area (TPSA) is 54.2 Å². The van der Waals surface area contributed by atoms with Crippen LogP contribution in [0.5, 0.6) is 0 Å². The van der Waals surface area contributed by atoms with Crippen LogP contribution in [0.1, 0.15) is 18.7 Å². The summed E-state index contributed by atoms with van der Waals surface area (Å²) in [4.78, 5) is 6.42. The maximum absolute atomic E-state index is 4.72. The van der Waals surface area contributed by atoms with Crippen LogP contribution in [0.2, 0.25) is 0 Å². The zero-order valence-electron chi connectivity index (χ0n) is 9.15. The van der Waals surface area contributed by atoms with Crippen molar-refractivity contribution in [3.05, 3.63) is 12.2 Å². The summed E-state index contributed by atoms with van der Waals surface area (Å²) >= 11 is 0. The molecule has 0 saturated carbocycles. The van der Waals surface area contributed by atoms with Gasteiger partial charge in [-0.1, -0.05) is 5.16 Å². The summed E-state index contributed by atoms with van der Waals surface area (Å²) in [5, 5.41) is 7.07. The first kappa shape index (κ1) is 10.6. The molecule has 0 bridgehead atoms. The van der Waals surface area contributed by atoms with Crippen molar-refractivity contribution in [1.82, 2.24) is 20.4 Å². The molecule has 1 aromatic heterocycles. The molecular weight excluding hydrogens is 192 g/mol. The number of hydrogen-bond acceptors (Lipinski definition) is 5. The van der Waals surface area contributed by atoms with Gasteiger partial charge in [0, 0.05) is 0 Å². The molecule has 0 aromatic carbocycles. The molecule has 1 aromatic rings. The molecule has 15 heavy (non-hydrogen) atoms. The summed E-state index contributed by atoms with van der Waals surface area (Å²) in [6, 6.07) is 0. The van der Waals surface area contributed by atoms with Crippen LogP contribution in [0.25, 0.3) is 0 Å². The van der Waals surface area contributed by atoms with E-state index in [1.807, 2.05) is 7.05 Å². The number of nitrogens with one attached hydrogen (secondary N) is 1. The second-order valence-electron chi connectivity index (χ2n) is 4.12. The predicted octanol–water partition coefficient (Wildman–Crippen LogP) is 0.501. The summed E-state index contributed by atoms with van der Waals surface area (Å²) in [5.74, 6) is 1.62. The van der Waals surface area contributed by atoms with Crippen molar-refractivity contribution in [1.29, 1.82) is 0 Å². The molecule has 5 heteroatoms. The highest BCUT2D eigenvalue weighted by atomic mass is 16.5. The van der Waals surface area contributed by atoms with Crippen LogP contribution in [0, 0.1) is 5.92 Å². The SMILES string of the molecule is CNCC1CCN(Cc2ncon2)CC1. The van der Waals surface area contributed by atoms with Gasteiger partial charge < -0.3 is 9.84 Å². The summed E-state index contributed by atoms with van der Waals surface area (Å²) in [6.45, 7) is 4.24. The van der Waals surface area contributed by atoms with Gasteiger partial charge in [0.1, 0.15) is 0 Å². The minimum atomic E-state index is 0.794. The molecule has 1 fully saturated rings. The molecule has 0 spiro atoms. The third-order valence-corrected chi connectivity index (χ3v) is 2.97. The maximum atomic E-state index is 4.72. The fourth-order valence-corrected chi connectivity index (χ4v) is 2.10. The summed E-state index contributed by atoms with van der Waals surface area (Å²) in [5.41, 5.74) is 0. The monoisotopic (exact) mass is 210 g/mol. The molecule has 0 unspecified atom stereocenters. The lowest BCUT2D eigenvalue weighted by Gasteiger charge is -2.30. The van der Waals surface area contributed by atoms with Crippen molar-refractivity contribution in [2.24, 2.45) is 5.92 Å². The van der Waals surface area contributed by atoms with E-state index in [-0.39, 0.29) is 0 Å². The third-order valence-electron chi connectivity index (χ3n) is 2.97. The number of aromatic nitrogens is 2. The van der Waals surface area contributed by atoms with E-state index in [0.717, 1.165) is 37.9 Å². The number of piperidine rings is 1. The van der Waals surface area contributed by atoms with Gasteiger partial charge in [0.2, 0.25) is 6.39 Å². The molecule has 0 radical (unpaired) electrons. The highest BCUT2D eigenvalue weighted by Gasteiger charge is 2.19. The molecule has 5 nitrogen and oxygen atoms in total. The van der Waals surface area contributed by atoms with E-state index in [1.54, 1.807) is 0 Å². The van der Waals surface area contributed by atoms with Crippen LogP contribution in [-0.2, 0) is 6.54 Å². The average Bonchev–Trinajstić information content (AvgIpc) is 2.74. The van der Waals surface area contributed by atoms with E-state index in [2.05, 4.69) is 20.4 Å². The van der Waals surface area contributed by atoms with Gasteiger partial charge in [0.25, 0.3) is 0 Å². The second-order valence-corrected chi connectivity index (χ2v) is 4.12. The minimum Gasteiger partial charge on any atom is -0.343 e. The van der Waals surface area contributed by atoms with Crippen LogP contribution in [0.15, 0.2) is 10.9 Å². The molecule has 1 aliphatic rings. The normalized spacial score (nSPS) is 19.5. The lowest BCUT2D eigenvalue weighted by molar-refractivity contribution is 0.171. The lowest BCUT2D eigenvalue weighted by atomic mass is 9.97. The fraction of sp³-hybridized carbons (Fsp3) is 0.800. The number of rotatable bonds is 4. The minimum absolute atomic E-state index is 0.794. The summed E-state index contributed by atoms with van der Waals surface area (Å²) in [6.07, 6.45) is 3.92. The predicted molar refractivity (Wildman–Crippen MR) is 56.2 cm³/mol. The number of likely N-dealkylation sites (tertiary alicyclic amines) is 1. The first-order valence-electron chi connectivity index (χ1n) is 5.50. The van der Waals surface area contributed by atoms with Crippen molar-refractivity contribution in [3.63, 3.8) is 0 Å². The van der Waals surface area contributed by atoms with Crippen molar-refractivity contribution in [2.75, 3.05) is 26.7 Å². The van der Waals surface area contributed by atoms with Crippen LogP contribution in [-0.4, -0.2) is 41.7 Å². The maximum Gasteiger partial charge on any atom is 0.213 e. The fourth-order valence-electron chi connectivity index (χ4n) is 2.10. The largest absolute Gasteiger partial charge is 0.343 e. The number of nitrogens with zero attached hydrogens (tertiary/aromatic N) is 3. The summed E-state index contributed by atoms with van der Waals surface area (Å²) < 4.78 is 4.72. The molecule has 1 saturated heterocycles. The van der Waals surface area contributed by atoms with Gasteiger partial charge in [0.05, 0.1) is 6.54 Å². The van der Waals surface area contributed by atoms with Crippen molar-refractivity contribution in [2.45, 2.75) is 19.4 Å². The Kier molecular flexibility index (Phi) is 3.69. The van der Waals surface area contributed by atoms with Gasteiger partial charge in [-0.25, -0.2) is 0 Å². The van der Waals surface area contributed by atoms with Crippen molar-refractivity contribution >= 4 is 0 Å². The Morgan fingerprint density at radius 3 is 2.93 bits per heavy atom. The molecule has 0 atom stereocenters. The Morgan fingerprint density at radius 1 is 1.53 bits per heavy atom. The van der Waals surface area contributed by atoms with E-state index in [0.29, 0.717) is 0 Å². The average molecular weight is 210 g/mol. The standard InChI is InChI=1S/C10H18N4O/c1-11-6-9-2-4-14(5-3-9)7-10-12-8-15-13-10/h8-9,11H,2-7H2,1H3. The zero-order chi connectivity index (χ0) is 10.5. The van der Waals surface area contributed by atoms with E-state index in [1.165, 1.54) is 19.2 Å². The first-order chi connectivity index (χ1) is 7.38. The van der Waals surface area contributed by atoms with Crippen molar-refractivity contribution < 1.29 is 4.52 Å². The lowest BCUT2D eigenvalue weighted by Crippen LogP contribution is -2.36. The van der Waals surface area contributed by atoms with Crippen molar-refractivity contribution in [3.8, 4) is 0 Å². The molecular formula is C10H18N4O. The molecule has 84 valence electrons. The highest BCUT2D eigenvalue weighted by Crippen LogP contribution is 2.17. The summed E-state index contributed by atoms with van der Waals surface area (Å²) in [7, 11) is 2.02. The molecule has 1 aliphatic heterocycles. The molecule has 0 amide bonds. The van der Waals surface area contributed by atoms with Crippen LogP contribution in [0.3, 0.4) is 0 Å². The second kappa shape index (κ2) is 5.23. The highest BCUT2D eigenvalue weighted by molar-refractivity contribution is 4.81. The van der Waals surface area contributed by atoms with E-state index >= 15 is 0 Å².